The maximum atomic E-state index is 13.7. The van der Waals surface area contributed by atoms with Crippen LogP contribution in [-0.4, -0.2) is 5.97 Å². The Morgan fingerprint density at radius 1 is 0.875 bits per heavy atom. The van der Waals surface area contributed by atoms with Gasteiger partial charge in [-0.2, -0.15) is 0 Å². The standard InChI is InChI=1S/C21H17FO2/c1-14-6-5-7-16(12-14)17-10-11-20(15(2)13-17)24-21(23)18-8-3-4-9-19(18)22/h3-13H,1-2H3. The lowest BCUT2D eigenvalue weighted by Crippen LogP contribution is -2.11. The highest BCUT2D eigenvalue weighted by Crippen LogP contribution is 2.27. The number of rotatable bonds is 3. The first-order valence-corrected chi connectivity index (χ1v) is 7.69. The van der Waals surface area contributed by atoms with Gasteiger partial charge in [0.05, 0.1) is 5.56 Å². The third kappa shape index (κ3) is 3.35. The zero-order valence-corrected chi connectivity index (χ0v) is 13.5. The number of carbonyl (C=O) groups excluding carboxylic acids is 1. The molecule has 0 saturated heterocycles. The van der Waals surface area contributed by atoms with E-state index in [4.69, 9.17) is 4.74 Å². The van der Waals surface area contributed by atoms with E-state index in [1.54, 1.807) is 12.1 Å². The lowest BCUT2D eigenvalue weighted by molar-refractivity contribution is 0.0728. The molecule has 2 nitrogen and oxygen atoms in total. The molecule has 0 saturated carbocycles. The van der Waals surface area contributed by atoms with Crippen LogP contribution in [0.25, 0.3) is 11.1 Å². The Balaban J connectivity index is 1.86. The van der Waals surface area contributed by atoms with Crippen LogP contribution in [-0.2, 0) is 0 Å². The molecule has 3 aromatic carbocycles. The minimum Gasteiger partial charge on any atom is -0.423 e. The van der Waals surface area contributed by atoms with Crippen molar-refractivity contribution < 1.29 is 13.9 Å². The molecule has 0 fully saturated rings. The SMILES string of the molecule is Cc1cccc(-c2ccc(OC(=O)c3ccccc3F)c(C)c2)c1. The summed E-state index contributed by atoms with van der Waals surface area (Å²) in [5, 5.41) is 0. The lowest BCUT2D eigenvalue weighted by Gasteiger charge is -2.10. The van der Waals surface area contributed by atoms with Gasteiger partial charge in [0.15, 0.2) is 0 Å². The summed E-state index contributed by atoms with van der Waals surface area (Å²) in [7, 11) is 0. The van der Waals surface area contributed by atoms with Crippen LogP contribution in [0.2, 0.25) is 0 Å². The van der Waals surface area contributed by atoms with Gasteiger partial charge in [-0.3, -0.25) is 0 Å². The molecule has 0 atom stereocenters. The molecule has 0 unspecified atom stereocenters. The number of hydrogen-bond donors (Lipinski definition) is 0. The van der Waals surface area contributed by atoms with E-state index in [0.717, 1.165) is 16.7 Å². The van der Waals surface area contributed by atoms with Crippen molar-refractivity contribution in [3.63, 3.8) is 0 Å². The minimum absolute atomic E-state index is 0.0698. The molecule has 0 heterocycles. The summed E-state index contributed by atoms with van der Waals surface area (Å²) in [4.78, 5) is 12.1. The molecule has 0 N–H and O–H groups in total. The Morgan fingerprint density at radius 3 is 2.33 bits per heavy atom. The molecule has 0 amide bonds. The van der Waals surface area contributed by atoms with E-state index >= 15 is 0 Å². The molecule has 120 valence electrons. The summed E-state index contributed by atoms with van der Waals surface area (Å²) in [5.74, 6) is -0.851. The highest BCUT2D eigenvalue weighted by molar-refractivity contribution is 5.91. The van der Waals surface area contributed by atoms with E-state index in [-0.39, 0.29) is 5.56 Å². The van der Waals surface area contributed by atoms with Gasteiger partial charge in [-0.1, -0.05) is 48.0 Å². The molecule has 3 rings (SSSR count). The van der Waals surface area contributed by atoms with Crippen LogP contribution in [0.1, 0.15) is 21.5 Å². The van der Waals surface area contributed by atoms with E-state index in [2.05, 4.69) is 6.07 Å². The highest BCUT2D eigenvalue weighted by atomic mass is 19.1. The number of benzene rings is 3. The summed E-state index contributed by atoms with van der Waals surface area (Å²) in [6, 6.07) is 19.6. The highest BCUT2D eigenvalue weighted by Gasteiger charge is 2.14. The smallest absolute Gasteiger partial charge is 0.346 e. The van der Waals surface area contributed by atoms with E-state index in [1.807, 2.05) is 44.2 Å². The summed E-state index contributed by atoms with van der Waals surface area (Å²) >= 11 is 0. The number of aryl methyl sites for hydroxylation is 2. The summed E-state index contributed by atoms with van der Waals surface area (Å²) in [6.07, 6.45) is 0. The third-order valence-corrected chi connectivity index (χ3v) is 3.82. The lowest BCUT2D eigenvalue weighted by atomic mass is 10.0. The Kier molecular flexibility index (Phi) is 4.43. The van der Waals surface area contributed by atoms with Crippen LogP contribution in [0.3, 0.4) is 0 Å². The van der Waals surface area contributed by atoms with E-state index in [0.29, 0.717) is 5.75 Å². The van der Waals surface area contributed by atoms with Crippen molar-refractivity contribution in [2.75, 3.05) is 0 Å². The normalized spacial score (nSPS) is 10.5. The molecule has 0 spiro atoms. The average Bonchev–Trinajstić information content (AvgIpc) is 2.57. The van der Waals surface area contributed by atoms with Gasteiger partial charge in [-0.05, 0) is 54.8 Å². The van der Waals surface area contributed by atoms with Crippen molar-refractivity contribution in [2.45, 2.75) is 13.8 Å². The summed E-state index contributed by atoms with van der Waals surface area (Å²) in [5.41, 5.74) is 4.07. The van der Waals surface area contributed by atoms with Gasteiger partial charge < -0.3 is 4.74 Å². The first-order valence-electron chi connectivity index (χ1n) is 7.69. The van der Waals surface area contributed by atoms with Gasteiger partial charge in [0.2, 0.25) is 0 Å². The Bertz CT molecular complexity index is 900. The second-order valence-electron chi connectivity index (χ2n) is 5.72. The predicted octanol–water partition coefficient (Wildman–Crippen LogP) is 5.33. The summed E-state index contributed by atoms with van der Waals surface area (Å²) in [6.45, 7) is 3.91. The van der Waals surface area contributed by atoms with Crippen molar-refractivity contribution >= 4 is 5.97 Å². The van der Waals surface area contributed by atoms with Gasteiger partial charge in [-0.25, -0.2) is 9.18 Å². The fraction of sp³-hybridized carbons (Fsp3) is 0.0952. The molecular formula is C21H17FO2. The third-order valence-electron chi connectivity index (χ3n) is 3.82. The second-order valence-corrected chi connectivity index (χ2v) is 5.72. The van der Waals surface area contributed by atoms with Gasteiger partial charge in [0.25, 0.3) is 0 Å². The minimum atomic E-state index is -0.695. The Labute approximate surface area is 140 Å². The number of ether oxygens (including phenoxy) is 1. The zero-order valence-electron chi connectivity index (χ0n) is 13.5. The molecule has 0 aliphatic carbocycles. The molecule has 3 aromatic rings. The van der Waals surface area contributed by atoms with Gasteiger partial charge in [0.1, 0.15) is 11.6 Å². The first kappa shape index (κ1) is 15.9. The van der Waals surface area contributed by atoms with E-state index in [1.165, 1.54) is 23.8 Å². The molecule has 24 heavy (non-hydrogen) atoms. The number of halogens is 1. The quantitative estimate of drug-likeness (QED) is 0.482. The molecule has 0 aliphatic rings. The maximum Gasteiger partial charge on any atom is 0.346 e. The van der Waals surface area contributed by atoms with Crippen LogP contribution in [0.5, 0.6) is 5.75 Å². The van der Waals surface area contributed by atoms with Crippen LogP contribution in [0.15, 0.2) is 66.7 Å². The van der Waals surface area contributed by atoms with Crippen molar-refractivity contribution in [3.05, 3.63) is 89.2 Å². The van der Waals surface area contributed by atoms with E-state index in [9.17, 15) is 9.18 Å². The second kappa shape index (κ2) is 6.67. The summed E-state index contributed by atoms with van der Waals surface area (Å²) < 4.78 is 19.0. The van der Waals surface area contributed by atoms with Crippen LogP contribution >= 0.6 is 0 Å². The monoisotopic (exact) mass is 320 g/mol. The van der Waals surface area contributed by atoms with Gasteiger partial charge in [-0.15, -0.1) is 0 Å². The van der Waals surface area contributed by atoms with Crippen LogP contribution in [0, 0.1) is 19.7 Å². The topological polar surface area (TPSA) is 26.3 Å². The van der Waals surface area contributed by atoms with Crippen molar-refractivity contribution in [1.29, 1.82) is 0 Å². The maximum absolute atomic E-state index is 13.7. The van der Waals surface area contributed by atoms with Crippen LogP contribution < -0.4 is 4.74 Å². The Hall–Kier alpha value is -2.94. The van der Waals surface area contributed by atoms with E-state index < -0.39 is 11.8 Å². The van der Waals surface area contributed by atoms with Gasteiger partial charge in [0, 0.05) is 0 Å². The number of esters is 1. The number of hydrogen-bond acceptors (Lipinski definition) is 2. The molecule has 0 radical (unpaired) electrons. The van der Waals surface area contributed by atoms with Crippen molar-refractivity contribution in [2.24, 2.45) is 0 Å². The molecule has 0 aliphatic heterocycles. The molecule has 0 bridgehead atoms. The largest absolute Gasteiger partial charge is 0.423 e. The molecule has 0 aromatic heterocycles. The Morgan fingerprint density at radius 2 is 1.62 bits per heavy atom. The predicted molar refractivity (Wildman–Crippen MR) is 92.7 cm³/mol. The molecule has 3 heteroatoms. The fourth-order valence-electron chi connectivity index (χ4n) is 2.55. The molecular weight excluding hydrogens is 303 g/mol. The van der Waals surface area contributed by atoms with Crippen molar-refractivity contribution in [3.8, 4) is 16.9 Å². The van der Waals surface area contributed by atoms with Crippen molar-refractivity contribution in [1.82, 2.24) is 0 Å². The number of carbonyl (C=O) groups is 1. The zero-order chi connectivity index (χ0) is 17.1. The fourth-order valence-corrected chi connectivity index (χ4v) is 2.55. The van der Waals surface area contributed by atoms with Gasteiger partial charge >= 0.3 is 5.97 Å². The average molecular weight is 320 g/mol. The van der Waals surface area contributed by atoms with Crippen LogP contribution in [0.4, 0.5) is 4.39 Å². The first-order chi connectivity index (χ1) is 11.5.